The van der Waals surface area contributed by atoms with Crippen LogP contribution in [0.4, 0.5) is 5.82 Å². The third kappa shape index (κ3) is 3.90. The average molecular weight is 459 g/mol. The Bertz CT molecular complexity index is 1610. The molecule has 0 amide bonds. The number of aromatic nitrogens is 2. The van der Waals surface area contributed by atoms with Gasteiger partial charge in [0.1, 0.15) is 23.2 Å². The van der Waals surface area contributed by atoms with Gasteiger partial charge in [-0.15, -0.1) is 0 Å². The maximum Gasteiger partial charge on any atom is 0.209 e. The molecule has 0 fully saturated rings. The van der Waals surface area contributed by atoms with Crippen molar-refractivity contribution in [3.8, 4) is 34.2 Å². The summed E-state index contributed by atoms with van der Waals surface area (Å²) in [5, 5.41) is 9.79. The van der Waals surface area contributed by atoms with E-state index in [0.29, 0.717) is 33.8 Å². The summed E-state index contributed by atoms with van der Waals surface area (Å²) in [4.78, 5) is 18.0. The standard InChI is InChI=1S/C29H22N4O2/c1-18-12-13-33-26(14-18)23(16-27(33)28(34)20-6-4-3-5-7-20)25-15-22(24(17-30)29(31)32-25)19-8-10-21(35-2)11-9-19/h3-16H,1-2H3,(H2,31,32). The number of hydrogen-bond donors (Lipinski definition) is 1. The first-order valence-electron chi connectivity index (χ1n) is 11.1. The first kappa shape index (κ1) is 21.9. The van der Waals surface area contributed by atoms with E-state index >= 15 is 0 Å². The molecule has 0 aliphatic carbocycles. The number of pyridine rings is 2. The Morgan fingerprint density at radius 2 is 1.74 bits per heavy atom. The van der Waals surface area contributed by atoms with Crippen LogP contribution in [0.3, 0.4) is 0 Å². The molecule has 3 heterocycles. The number of nitrogens with zero attached hydrogens (tertiary/aromatic N) is 3. The van der Waals surface area contributed by atoms with Gasteiger partial charge in [-0.05, 0) is 54.4 Å². The lowest BCUT2D eigenvalue weighted by atomic mass is 9.98. The molecular formula is C29H22N4O2. The third-order valence-corrected chi connectivity index (χ3v) is 6.03. The predicted octanol–water partition coefficient (Wildman–Crippen LogP) is 5.67. The molecule has 2 aromatic carbocycles. The van der Waals surface area contributed by atoms with Gasteiger partial charge in [-0.3, -0.25) is 4.79 Å². The fourth-order valence-electron chi connectivity index (χ4n) is 4.24. The lowest BCUT2D eigenvalue weighted by Gasteiger charge is -2.11. The Hall–Kier alpha value is -4.89. The molecule has 2 N–H and O–H groups in total. The molecule has 170 valence electrons. The molecule has 0 bridgehead atoms. The minimum atomic E-state index is -0.0901. The summed E-state index contributed by atoms with van der Waals surface area (Å²) in [5.41, 5.74) is 12.4. The maximum absolute atomic E-state index is 13.4. The van der Waals surface area contributed by atoms with Crippen LogP contribution >= 0.6 is 0 Å². The Morgan fingerprint density at radius 1 is 1.00 bits per heavy atom. The Morgan fingerprint density at radius 3 is 2.43 bits per heavy atom. The fourth-order valence-corrected chi connectivity index (χ4v) is 4.24. The van der Waals surface area contributed by atoms with E-state index in [0.717, 1.165) is 22.2 Å². The monoisotopic (exact) mass is 458 g/mol. The topological polar surface area (TPSA) is 93.4 Å². The van der Waals surface area contributed by atoms with Gasteiger partial charge in [0, 0.05) is 22.9 Å². The van der Waals surface area contributed by atoms with Crippen molar-refractivity contribution in [1.29, 1.82) is 5.26 Å². The van der Waals surface area contributed by atoms with Crippen molar-refractivity contribution in [2.75, 3.05) is 12.8 Å². The van der Waals surface area contributed by atoms with E-state index in [9.17, 15) is 10.1 Å². The number of methoxy groups -OCH3 is 1. The van der Waals surface area contributed by atoms with Crippen LogP contribution < -0.4 is 10.5 Å². The molecule has 0 spiro atoms. The lowest BCUT2D eigenvalue weighted by Crippen LogP contribution is -2.04. The quantitative estimate of drug-likeness (QED) is 0.343. The minimum Gasteiger partial charge on any atom is -0.497 e. The molecule has 5 rings (SSSR count). The zero-order valence-electron chi connectivity index (χ0n) is 19.3. The second-order valence-corrected chi connectivity index (χ2v) is 8.25. The Kier molecular flexibility index (Phi) is 5.52. The fraction of sp³-hybridized carbons (Fsp3) is 0.0690. The summed E-state index contributed by atoms with van der Waals surface area (Å²) in [5.74, 6) is 0.763. The number of nitrogen functional groups attached to an aromatic ring is 1. The normalized spacial score (nSPS) is 10.8. The van der Waals surface area contributed by atoms with Gasteiger partial charge in [0.25, 0.3) is 0 Å². The molecule has 0 saturated heterocycles. The Labute approximate surface area is 202 Å². The van der Waals surface area contributed by atoms with Crippen LogP contribution in [0.5, 0.6) is 5.75 Å². The summed E-state index contributed by atoms with van der Waals surface area (Å²) in [6.07, 6.45) is 1.89. The second-order valence-electron chi connectivity index (χ2n) is 8.25. The van der Waals surface area contributed by atoms with Crippen LogP contribution in [0, 0.1) is 18.3 Å². The number of nitriles is 1. The SMILES string of the molecule is COc1ccc(-c2cc(-c3cc(C(=O)c4ccccc4)n4ccc(C)cc34)nc(N)c2C#N)cc1. The number of rotatable bonds is 5. The summed E-state index contributed by atoms with van der Waals surface area (Å²) in [6, 6.07) is 26.5. The van der Waals surface area contributed by atoms with Crippen LogP contribution in [0.25, 0.3) is 27.9 Å². The highest BCUT2D eigenvalue weighted by molar-refractivity contribution is 6.10. The van der Waals surface area contributed by atoms with Gasteiger partial charge in [-0.1, -0.05) is 42.5 Å². The average Bonchev–Trinajstić information content (AvgIpc) is 3.27. The first-order valence-corrected chi connectivity index (χ1v) is 11.1. The number of benzene rings is 2. The van der Waals surface area contributed by atoms with Gasteiger partial charge >= 0.3 is 0 Å². The predicted molar refractivity (Wildman–Crippen MR) is 136 cm³/mol. The molecule has 5 aromatic rings. The number of carbonyl (C=O) groups is 1. The number of ketones is 1. The number of aryl methyl sites for hydroxylation is 1. The van der Waals surface area contributed by atoms with Crippen molar-refractivity contribution >= 4 is 17.1 Å². The van der Waals surface area contributed by atoms with E-state index in [1.807, 2.05) is 84.3 Å². The van der Waals surface area contributed by atoms with Gasteiger partial charge < -0.3 is 14.9 Å². The van der Waals surface area contributed by atoms with E-state index in [1.54, 1.807) is 19.2 Å². The number of fused-ring (bicyclic) bond motifs is 1. The molecule has 0 aliphatic heterocycles. The zero-order chi connectivity index (χ0) is 24.5. The van der Waals surface area contributed by atoms with Gasteiger partial charge in [0.2, 0.25) is 5.78 Å². The van der Waals surface area contributed by atoms with E-state index in [-0.39, 0.29) is 11.6 Å². The largest absolute Gasteiger partial charge is 0.497 e. The number of carbonyl (C=O) groups excluding carboxylic acids is 1. The number of ether oxygens (including phenoxy) is 1. The molecule has 0 aliphatic rings. The summed E-state index contributed by atoms with van der Waals surface area (Å²) in [7, 11) is 1.60. The smallest absolute Gasteiger partial charge is 0.209 e. The number of anilines is 1. The van der Waals surface area contributed by atoms with Crippen molar-refractivity contribution in [3.05, 3.63) is 107 Å². The molecule has 6 nitrogen and oxygen atoms in total. The van der Waals surface area contributed by atoms with Gasteiger partial charge in [-0.25, -0.2) is 4.98 Å². The molecule has 0 unspecified atom stereocenters. The lowest BCUT2D eigenvalue weighted by molar-refractivity contribution is 0.103. The molecule has 6 heteroatoms. The van der Waals surface area contributed by atoms with E-state index in [1.165, 1.54) is 0 Å². The van der Waals surface area contributed by atoms with Gasteiger partial charge in [0.05, 0.1) is 24.0 Å². The van der Waals surface area contributed by atoms with Crippen molar-refractivity contribution in [1.82, 2.24) is 9.38 Å². The first-order chi connectivity index (χ1) is 17.0. The van der Waals surface area contributed by atoms with Crippen molar-refractivity contribution in [2.45, 2.75) is 6.92 Å². The zero-order valence-corrected chi connectivity index (χ0v) is 19.3. The van der Waals surface area contributed by atoms with Crippen molar-refractivity contribution in [3.63, 3.8) is 0 Å². The molecule has 3 aromatic heterocycles. The van der Waals surface area contributed by atoms with Gasteiger partial charge in [-0.2, -0.15) is 5.26 Å². The molecule has 35 heavy (non-hydrogen) atoms. The highest BCUT2D eigenvalue weighted by Crippen LogP contribution is 2.35. The Balaban J connectivity index is 1.73. The molecule has 0 atom stereocenters. The summed E-state index contributed by atoms with van der Waals surface area (Å²) in [6.45, 7) is 2.00. The van der Waals surface area contributed by atoms with E-state index in [4.69, 9.17) is 10.5 Å². The number of nitrogens with two attached hydrogens (primary N) is 1. The second kappa shape index (κ2) is 8.81. The summed E-state index contributed by atoms with van der Waals surface area (Å²) < 4.78 is 7.14. The number of hydrogen-bond acceptors (Lipinski definition) is 5. The molecule has 0 saturated carbocycles. The minimum absolute atomic E-state index is 0.0901. The summed E-state index contributed by atoms with van der Waals surface area (Å²) >= 11 is 0. The molecule has 0 radical (unpaired) electrons. The van der Waals surface area contributed by atoms with E-state index in [2.05, 4.69) is 11.1 Å². The maximum atomic E-state index is 13.4. The highest BCUT2D eigenvalue weighted by atomic mass is 16.5. The van der Waals surface area contributed by atoms with Crippen LogP contribution in [0.1, 0.15) is 27.2 Å². The van der Waals surface area contributed by atoms with Gasteiger partial charge in [0.15, 0.2) is 0 Å². The third-order valence-electron chi connectivity index (χ3n) is 6.03. The van der Waals surface area contributed by atoms with Crippen LogP contribution in [-0.4, -0.2) is 22.3 Å². The van der Waals surface area contributed by atoms with E-state index < -0.39 is 0 Å². The highest BCUT2D eigenvalue weighted by Gasteiger charge is 2.21. The van der Waals surface area contributed by atoms with Crippen LogP contribution in [0.2, 0.25) is 0 Å². The van der Waals surface area contributed by atoms with Crippen LogP contribution in [-0.2, 0) is 0 Å². The van der Waals surface area contributed by atoms with Crippen molar-refractivity contribution < 1.29 is 9.53 Å². The van der Waals surface area contributed by atoms with Crippen LogP contribution in [0.15, 0.2) is 85.1 Å². The molecular weight excluding hydrogens is 436 g/mol. The van der Waals surface area contributed by atoms with Crippen molar-refractivity contribution in [2.24, 2.45) is 0 Å².